The summed E-state index contributed by atoms with van der Waals surface area (Å²) in [5.74, 6) is 1.13. The van der Waals surface area contributed by atoms with Crippen molar-refractivity contribution in [2.24, 2.45) is 0 Å². The Labute approximate surface area is 70.4 Å². The van der Waals surface area contributed by atoms with Crippen molar-refractivity contribution in [2.45, 2.75) is 5.75 Å². The first-order chi connectivity index (χ1) is 4.97. The lowest BCUT2D eigenvalue weighted by Crippen LogP contribution is -1.87. The van der Waals surface area contributed by atoms with Crippen LogP contribution in [0.4, 0.5) is 0 Å². The lowest BCUT2D eigenvalue weighted by molar-refractivity contribution is 0.824. The van der Waals surface area contributed by atoms with Crippen LogP contribution in [-0.4, -0.2) is 5.48 Å². The Morgan fingerprint density at radius 3 is 2.82 bits per heavy atom. The normalized spacial score (nSPS) is 13.5. The van der Waals surface area contributed by atoms with Crippen LogP contribution in [0.25, 0.3) is 6.08 Å². The maximum absolute atomic E-state index is 2.19. The first-order valence-electron chi connectivity index (χ1n) is 3.33. The molecule has 0 radical (unpaired) electrons. The van der Waals surface area contributed by atoms with Crippen LogP contribution in [0.5, 0.6) is 0 Å². The molecule has 1 aromatic carbocycles. The lowest BCUT2D eigenvalue weighted by atomic mass is 10.1. The Morgan fingerprint density at radius 1 is 1.18 bits per heavy atom. The van der Waals surface area contributed by atoms with Gasteiger partial charge in [-0.05, 0) is 22.6 Å². The van der Waals surface area contributed by atoms with Crippen molar-refractivity contribution in [1.82, 2.24) is 0 Å². The van der Waals surface area contributed by atoms with Crippen LogP contribution in [0, 0.1) is 0 Å². The molecule has 1 nitrogen and oxygen atoms in total. The first kappa shape index (κ1) is 8.37. The fourth-order valence-electron chi connectivity index (χ4n) is 1.09. The van der Waals surface area contributed by atoms with Gasteiger partial charge in [-0.1, -0.05) is 24.3 Å². The molecule has 0 aliphatic carbocycles. The summed E-state index contributed by atoms with van der Waals surface area (Å²) in [4.78, 5) is 0. The van der Waals surface area contributed by atoms with E-state index in [2.05, 4.69) is 35.7 Å². The predicted molar refractivity (Wildman–Crippen MR) is 50.4 cm³/mol. The average molecular weight is 166 g/mol. The Balaban J connectivity index is 0.000000605. The molecule has 1 aliphatic rings. The minimum atomic E-state index is 0. The van der Waals surface area contributed by atoms with Gasteiger partial charge in [0.05, 0.1) is 0 Å². The highest BCUT2D eigenvalue weighted by molar-refractivity contribution is 8.01. The van der Waals surface area contributed by atoms with Gasteiger partial charge in [-0.15, -0.1) is 11.8 Å². The zero-order chi connectivity index (χ0) is 6.81. The Bertz CT molecular complexity index is 268. The summed E-state index contributed by atoms with van der Waals surface area (Å²) in [5, 5.41) is 2.16. The summed E-state index contributed by atoms with van der Waals surface area (Å²) in [6, 6.07) is 8.52. The molecule has 0 saturated heterocycles. The minimum Gasteiger partial charge on any atom is -0.412 e. The van der Waals surface area contributed by atoms with Gasteiger partial charge in [0.15, 0.2) is 0 Å². The Hall–Kier alpha value is -0.730. The molecule has 0 atom stereocenters. The molecule has 58 valence electrons. The van der Waals surface area contributed by atoms with Gasteiger partial charge in [0, 0.05) is 5.75 Å². The van der Waals surface area contributed by atoms with Crippen LogP contribution in [0.3, 0.4) is 0 Å². The van der Waals surface area contributed by atoms with E-state index in [1.54, 1.807) is 0 Å². The third-order valence-corrected chi connectivity index (χ3v) is 2.44. The molecule has 1 heterocycles. The number of rotatable bonds is 0. The maximum atomic E-state index is 2.19. The minimum absolute atomic E-state index is 0. The first-order valence-corrected chi connectivity index (χ1v) is 4.38. The van der Waals surface area contributed by atoms with Crippen molar-refractivity contribution >= 4 is 17.8 Å². The number of thioether (sulfide) groups is 1. The van der Waals surface area contributed by atoms with Crippen LogP contribution in [0.1, 0.15) is 11.1 Å². The van der Waals surface area contributed by atoms with Gasteiger partial charge in [-0.2, -0.15) is 0 Å². The largest absolute Gasteiger partial charge is 0.412 e. The van der Waals surface area contributed by atoms with E-state index in [0.717, 1.165) is 5.75 Å². The van der Waals surface area contributed by atoms with Gasteiger partial charge >= 0.3 is 0 Å². The van der Waals surface area contributed by atoms with E-state index in [9.17, 15) is 0 Å². The number of benzene rings is 1. The molecular weight excluding hydrogens is 156 g/mol. The molecule has 0 saturated carbocycles. The molecule has 0 bridgehead atoms. The van der Waals surface area contributed by atoms with Crippen molar-refractivity contribution < 1.29 is 5.48 Å². The molecule has 1 aliphatic heterocycles. The monoisotopic (exact) mass is 166 g/mol. The van der Waals surface area contributed by atoms with E-state index in [1.165, 1.54) is 11.1 Å². The molecule has 0 aromatic heterocycles. The molecule has 0 amide bonds. The molecule has 0 spiro atoms. The molecule has 1 aromatic rings. The quantitative estimate of drug-likeness (QED) is 0.580. The molecule has 2 heteroatoms. The van der Waals surface area contributed by atoms with Crippen LogP contribution >= 0.6 is 11.8 Å². The fourth-order valence-corrected chi connectivity index (χ4v) is 1.87. The van der Waals surface area contributed by atoms with Crippen LogP contribution < -0.4 is 0 Å². The van der Waals surface area contributed by atoms with Gasteiger partial charge in [-0.25, -0.2) is 0 Å². The maximum Gasteiger partial charge on any atom is 0.0231 e. The second-order valence-corrected chi connectivity index (χ2v) is 3.21. The van der Waals surface area contributed by atoms with Crippen LogP contribution in [0.2, 0.25) is 0 Å². The topological polar surface area (TPSA) is 31.5 Å². The summed E-state index contributed by atoms with van der Waals surface area (Å²) < 4.78 is 0. The third kappa shape index (κ3) is 1.64. The molecule has 0 unspecified atom stereocenters. The molecular formula is C9H10OS. The van der Waals surface area contributed by atoms with E-state index in [4.69, 9.17) is 0 Å². The zero-order valence-electron chi connectivity index (χ0n) is 6.08. The van der Waals surface area contributed by atoms with Gasteiger partial charge in [0.25, 0.3) is 0 Å². The van der Waals surface area contributed by atoms with Crippen LogP contribution in [0.15, 0.2) is 29.7 Å². The molecule has 0 fully saturated rings. The summed E-state index contributed by atoms with van der Waals surface area (Å²) >= 11 is 1.86. The Morgan fingerprint density at radius 2 is 2.00 bits per heavy atom. The zero-order valence-corrected chi connectivity index (χ0v) is 6.90. The second kappa shape index (κ2) is 3.60. The SMILES string of the molecule is C1=Cc2ccccc2CS1.O. The summed E-state index contributed by atoms with van der Waals surface area (Å²) in [5.41, 5.74) is 2.83. The molecule has 2 rings (SSSR count). The molecule has 11 heavy (non-hydrogen) atoms. The van der Waals surface area contributed by atoms with E-state index < -0.39 is 0 Å². The van der Waals surface area contributed by atoms with Crippen molar-refractivity contribution in [3.05, 3.63) is 40.8 Å². The third-order valence-electron chi connectivity index (χ3n) is 1.64. The summed E-state index contributed by atoms with van der Waals surface area (Å²) in [7, 11) is 0. The van der Waals surface area contributed by atoms with E-state index in [1.807, 2.05) is 11.8 Å². The van der Waals surface area contributed by atoms with Crippen molar-refractivity contribution in [3.8, 4) is 0 Å². The highest BCUT2D eigenvalue weighted by atomic mass is 32.2. The van der Waals surface area contributed by atoms with E-state index in [-0.39, 0.29) is 5.48 Å². The standard InChI is InChI=1S/C9H8S.H2O/c1-2-4-9-7-10-6-5-8(9)3-1;/h1-6H,7H2;1H2. The van der Waals surface area contributed by atoms with Gasteiger partial charge in [0.2, 0.25) is 0 Å². The van der Waals surface area contributed by atoms with Crippen molar-refractivity contribution in [2.75, 3.05) is 0 Å². The number of hydrogen-bond acceptors (Lipinski definition) is 1. The summed E-state index contributed by atoms with van der Waals surface area (Å²) in [6.07, 6.45) is 2.17. The summed E-state index contributed by atoms with van der Waals surface area (Å²) in [6.45, 7) is 0. The van der Waals surface area contributed by atoms with Crippen molar-refractivity contribution in [3.63, 3.8) is 0 Å². The van der Waals surface area contributed by atoms with E-state index in [0.29, 0.717) is 0 Å². The number of fused-ring (bicyclic) bond motifs is 1. The van der Waals surface area contributed by atoms with Crippen molar-refractivity contribution in [1.29, 1.82) is 0 Å². The van der Waals surface area contributed by atoms with Gasteiger partial charge in [-0.3, -0.25) is 0 Å². The molecule has 2 N–H and O–H groups in total. The smallest absolute Gasteiger partial charge is 0.0231 e. The highest BCUT2D eigenvalue weighted by Gasteiger charge is 2.00. The highest BCUT2D eigenvalue weighted by Crippen LogP contribution is 2.24. The second-order valence-electron chi connectivity index (χ2n) is 2.31. The van der Waals surface area contributed by atoms with Crippen LogP contribution in [-0.2, 0) is 5.75 Å². The lowest BCUT2D eigenvalue weighted by Gasteiger charge is -2.07. The Kier molecular flexibility index (Phi) is 2.74. The fraction of sp³-hybridized carbons (Fsp3) is 0.111. The van der Waals surface area contributed by atoms with Gasteiger partial charge in [0.1, 0.15) is 0 Å². The van der Waals surface area contributed by atoms with E-state index >= 15 is 0 Å². The predicted octanol–water partition coefficient (Wildman–Crippen LogP) is 2.08. The average Bonchev–Trinajstić information content (AvgIpc) is 2.05. The van der Waals surface area contributed by atoms with Gasteiger partial charge < -0.3 is 5.48 Å². The number of hydrogen-bond donors (Lipinski definition) is 0.